The third-order valence-corrected chi connectivity index (χ3v) is 5.04. The summed E-state index contributed by atoms with van der Waals surface area (Å²) in [6.45, 7) is 0.723. The standard InChI is InChI=1S/C22H18N4O/c1-25-14-19(18-7-10-24-21(18)22(25)27)16-6-5-15-8-11-26(20(15)12-16)13-17-4-2-3-9-23-17/h2-12,14,24H,13H2,1H3. The van der Waals surface area contributed by atoms with E-state index in [0.29, 0.717) is 5.52 Å². The average Bonchev–Trinajstić information content (AvgIpc) is 3.33. The fourth-order valence-corrected chi connectivity index (χ4v) is 3.65. The molecule has 0 bridgehead atoms. The molecule has 0 radical (unpaired) electrons. The smallest absolute Gasteiger partial charge is 0.274 e. The lowest BCUT2D eigenvalue weighted by atomic mass is 10.0. The summed E-state index contributed by atoms with van der Waals surface area (Å²) in [7, 11) is 1.79. The van der Waals surface area contributed by atoms with E-state index in [1.54, 1.807) is 11.6 Å². The molecule has 0 saturated heterocycles. The predicted molar refractivity (Wildman–Crippen MR) is 108 cm³/mol. The second-order valence-electron chi connectivity index (χ2n) is 6.76. The van der Waals surface area contributed by atoms with Crippen molar-refractivity contribution < 1.29 is 0 Å². The lowest BCUT2D eigenvalue weighted by Gasteiger charge is -2.09. The lowest BCUT2D eigenvalue weighted by molar-refractivity contribution is 0.807. The number of nitrogens with zero attached hydrogens (tertiary/aromatic N) is 3. The Hall–Kier alpha value is -3.60. The van der Waals surface area contributed by atoms with E-state index in [1.165, 1.54) is 5.39 Å². The van der Waals surface area contributed by atoms with Gasteiger partial charge < -0.3 is 14.1 Å². The van der Waals surface area contributed by atoms with Crippen molar-refractivity contribution in [2.45, 2.75) is 6.54 Å². The molecule has 1 N–H and O–H groups in total. The highest BCUT2D eigenvalue weighted by Gasteiger charge is 2.11. The van der Waals surface area contributed by atoms with Crippen LogP contribution in [0.15, 0.2) is 78.1 Å². The van der Waals surface area contributed by atoms with Gasteiger partial charge in [0.25, 0.3) is 5.56 Å². The number of fused-ring (bicyclic) bond motifs is 2. The Balaban J connectivity index is 1.67. The molecular weight excluding hydrogens is 336 g/mol. The molecule has 27 heavy (non-hydrogen) atoms. The third-order valence-electron chi connectivity index (χ3n) is 5.04. The Kier molecular flexibility index (Phi) is 3.47. The maximum absolute atomic E-state index is 12.3. The lowest BCUT2D eigenvalue weighted by Crippen LogP contribution is -2.16. The second-order valence-corrected chi connectivity index (χ2v) is 6.76. The van der Waals surface area contributed by atoms with Crippen LogP contribution in [0, 0.1) is 0 Å². The van der Waals surface area contributed by atoms with E-state index in [0.717, 1.165) is 34.3 Å². The molecule has 5 rings (SSSR count). The fraction of sp³-hybridized carbons (Fsp3) is 0.0909. The highest BCUT2D eigenvalue weighted by Crippen LogP contribution is 2.29. The van der Waals surface area contributed by atoms with Crippen LogP contribution in [0.2, 0.25) is 0 Å². The Morgan fingerprint density at radius 1 is 1.11 bits per heavy atom. The minimum Gasteiger partial charge on any atom is -0.357 e. The van der Waals surface area contributed by atoms with Crippen molar-refractivity contribution in [3.05, 3.63) is 89.4 Å². The van der Waals surface area contributed by atoms with Crippen molar-refractivity contribution in [2.24, 2.45) is 7.05 Å². The first-order valence-electron chi connectivity index (χ1n) is 8.86. The summed E-state index contributed by atoms with van der Waals surface area (Å²) in [6.07, 6.45) is 7.64. The van der Waals surface area contributed by atoms with Crippen molar-refractivity contribution in [1.82, 2.24) is 19.1 Å². The number of rotatable bonds is 3. The van der Waals surface area contributed by atoms with Crippen molar-refractivity contribution >= 4 is 21.8 Å². The zero-order valence-electron chi connectivity index (χ0n) is 14.9. The molecule has 5 heteroatoms. The molecule has 0 aliphatic carbocycles. The minimum absolute atomic E-state index is 0.0154. The molecule has 1 aromatic carbocycles. The van der Waals surface area contributed by atoms with Gasteiger partial charge in [-0.25, -0.2) is 0 Å². The summed E-state index contributed by atoms with van der Waals surface area (Å²) < 4.78 is 3.84. The van der Waals surface area contributed by atoms with Crippen molar-refractivity contribution in [1.29, 1.82) is 0 Å². The number of aromatic nitrogens is 4. The van der Waals surface area contributed by atoms with E-state index >= 15 is 0 Å². The number of nitrogens with one attached hydrogen (secondary N) is 1. The molecule has 0 saturated carbocycles. The van der Waals surface area contributed by atoms with Crippen LogP contribution in [0.1, 0.15) is 5.69 Å². The van der Waals surface area contributed by atoms with Gasteiger partial charge in [0.1, 0.15) is 5.52 Å². The molecule has 0 spiro atoms. The number of aromatic amines is 1. The Morgan fingerprint density at radius 2 is 2.04 bits per heavy atom. The molecule has 4 aromatic heterocycles. The quantitative estimate of drug-likeness (QED) is 0.534. The molecule has 5 aromatic rings. The van der Waals surface area contributed by atoms with Crippen LogP contribution in [0.5, 0.6) is 0 Å². The van der Waals surface area contributed by atoms with Crippen LogP contribution >= 0.6 is 0 Å². The van der Waals surface area contributed by atoms with Crippen LogP contribution in [0.4, 0.5) is 0 Å². The SMILES string of the molecule is Cn1cc(-c2ccc3ccn(Cc4ccccn4)c3c2)c2cc[nH]c2c1=O. The van der Waals surface area contributed by atoms with E-state index in [1.807, 2.05) is 42.9 Å². The number of pyridine rings is 2. The first-order valence-corrected chi connectivity index (χ1v) is 8.86. The highest BCUT2D eigenvalue weighted by molar-refractivity contribution is 5.96. The van der Waals surface area contributed by atoms with Crippen molar-refractivity contribution in [2.75, 3.05) is 0 Å². The van der Waals surface area contributed by atoms with Gasteiger partial charge in [-0.3, -0.25) is 9.78 Å². The summed E-state index contributed by atoms with van der Waals surface area (Å²) in [6, 6.07) is 16.5. The van der Waals surface area contributed by atoms with Gasteiger partial charge >= 0.3 is 0 Å². The van der Waals surface area contributed by atoms with Crippen LogP contribution in [-0.4, -0.2) is 19.1 Å². The molecule has 5 nitrogen and oxygen atoms in total. The zero-order chi connectivity index (χ0) is 18.4. The molecule has 0 unspecified atom stereocenters. The van der Waals surface area contributed by atoms with Crippen LogP contribution in [0.3, 0.4) is 0 Å². The summed E-state index contributed by atoms with van der Waals surface area (Å²) in [5.41, 5.74) is 4.92. The molecule has 0 fully saturated rings. The summed E-state index contributed by atoms with van der Waals surface area (Å²) in [5, 5.41) is 2.13. The van der Waals surface area contributed by atoms with Gasteiger partial charge in [-0.2, -0.15) is 0 Å². The largest absolute Gasteiger partial charge is 0.357 e. The van der Waals surface area contributed by atoms with Gasteiger partial charge in [0, 0.05) is 48.3 Å². The topological polar surface area (TPSA) is 55.6 Å². The van der Waals surface area contributed by atoms with Crippen LogP contribution < -0.4 is 5.56 Å². The monoisotopic (exact) mass is 354 g/mol. The summed E-state index contributed by atoms with van der Waals surface area (Å²) in [4.78, 5) is 19.8. The Bertz CT molecular complexity index is 1330. The molecule has 4 heterocycles. The normalized spacial score (nSPS) is 11.4. The number of H-pyrrole nitrogens is 1. The van der Waals surface area contributed by atoms with Crippen molar-refractivity contribution in [3.63, 3.8) is 0 Å². The van der Waals surface area contributed by atoms with Crippen LogP contribution in [0.25, 0.3) is 32.9 Å². The minimum atomic E-state index is -0.0154. The first-order chi connectivity index (χ1) is 13.2. The fourth-order valence-electron chi connectivity index (χ4n) is 3.65. The number of hydrogen-bond acceptors (Lipinski definition) is 2. The number of hydrogen-bond donors (Lipinski definition) is 1. The molecule has 132 valence electrons. The predicted octanol–water partition coefficient (Wildman–Crippen LogP) is 3.93. The van der Waals surface area contributed by atoms with Crippen molar-refractivity contribution in [3.8, 4) is 11.1 Å². The van der Waals surface area contributed by atoms with Gasteiger partial charge in [-0.1, -0.05) is 18.2 Å². The maximum atomic E-state index is 12.3. The van der Waals surface area contributed by atoms with Gasteiger partial charge in [0.05, 0.1) is 12.2 Å². The van der Waals surface area contributed by atoms with Gasteiger partial charge in [0.2, 0.25) is 0 Å². The maximum Gasteiger partial charge on any atom is 0.274 e. The van der Waals surface area contributed by atoms with E-state index in [-0.39, 0.29) is 5.56 Å². The third kappa shape index (κ3) is 2.56. The molecule has 0 aliphatic rings. The Morgan fingerprint density at radius 3 is 2.89 bits per heavy atom. The average molecular weight is 354 g/mol. The van der Waals surface area contributed by atoms with Gasteiger partial charge in [-0.05, 0) is 41.3 Å². The molecule has 0 aliphatic heterocycles. The summed E-state index contributed by atoms with van der Waals surface area (Å²) >= 11 is 0. The van der Waals surface area contributed by atoms with E-state index < -0.39 is 0 Å². The first kappa shape index (κ1) is 15.6. The molecular formula is C22H18N4O. The van der Waals surface area contributed by atoms with E-state index in [2.05, 4.69) is 45.0 Å². The number of aryl methyl sites for hydroxylation is 1. The Labute approximate surface area is 155 Å². The van der Waals surface area contributed by atoms with E-state index in [4.69, 9.17) is 0 Å². The zero-order valence-corrected chi connectivity index (χ0v) is 14.9. The molecule has 0 amide bonds. The highest BCUT2D eigenvalue weighted by atomic mass is 16.1. The molecule has 0 atom stereocenters. The van der Waals surface area contributed by atoms with Gasteiger partial charge in [0.15, 0.2) is 0 Å². The van der Waals surface area contributed by atoms with Gasteiger partial charge in [-0.15, -0.1) is 0 Å². The van der Waals surface area contributed by atoms with E-state index in [9.17, 15) is 4.79 Å². The second kappa shape index (κ2) is 5.99. The van der Waals surface area contributed by atoms with Crippen LogP contribution in [-0.2, 0) is 13.6 Å². The summed E-state index contributed by atoms with van der Waals surface area (Å²) in [5.74, 6) is 0. The number of benzene rings is 1.